The second-order valence-electron chi connectivity index (χ2n) is 6.21. The molecule has 2 aliphatic carbocycles. The summed E-state index contributed by atoms with van der Waals surface area (Å²) in [5.41, 5.74) is -0.977. The third-order valence-corrected chi connectivity index (χ3v) is 5.36. The summed E-state index contributed by atoms with van der Waals surface area (Å²) in [5, 5.41) is 10.7. The minimum absolute atomic E-state index is 0.0139. The number of aliphatic hydroxyl groups is 1. The van der Waals surface area contributed by atoms with Crippen molar-refractivity contribution in [3.05, 3.63) is 35.4 Å². The molecule has 1 aromatic rings. The number of likely N-dealkylation sites (tertiary alicyclic amines) is 1. The van der Waals surface area contributed by atoms with E-state index < -0.39 is 55.0 Å². The van der Waals surface area contributed by atoms with Crippen LogP contribution in [0.4, 0.5) is 0 Å². The molecule has 1 fully saturated rings. The van der Waals surface area contributed by atoms with Gasteiger partial charge in [0.05, 0.1) is 9.85 Å². The van der Waals surface area contributed by atoms with Gasteiger partial charge in [-0.1, -0.05) is 18.2 Å². The molecule has 116 valence electrons. The predicted molar refractivity (Wildman–Crippen MR) is 82.5 cm³/mol. The van der Waals surface area contributed by atoms with Crippen molar-refractivity contribution in [2.45, 2.75) is 36.4 Å². The SMILES string of the molecule is [2H]c1c([2H])c2c3c(c1OC)OC1C(O)C=C[C@@H]4[C@@]31CCN(C([2H])([2H])[2H])[C@]4([2H])C2([2H])[2H]. The quantitative estimate of drug-likeness (QED) is 0.799. The van der Waals surface area contributed by atoms with Crippen LogP contribution in [0.5, 0.6) is 11.5 Å². The molecule has 2 aliphatic heterocycles. The van der Waals surface area contributed by atoms with E-state index in [1.807, 2.05) is 0 Å². The number of rotatable bonds is 1. The lowest BCUT2D eigenvalue weighted by atomic mass is 9.53. The van der Waals surface area contributed by atoms with E-state index in [4.69, 9.17) is 19.1 Å². The first kappa shape index (κ1) is 7.37. The first-order chi connectivity index (χ1) is 13.8. The number of hydrogen-bond acceptors (Lipinski definition) is 4. The number of benzene rings is 1. The van der Waals surface area contributed by atoms with E-state index in [0.29, 0.717) is 5.56 Å². The molecule has 22 heavy (non-hydrogen) atoms. The second kappa shape index (κ2) is 4.06. The number of piperidine rings is 1. The molecule has 1 saturated heterocycles. The molecule has 2 heterocycles. The Balaban J connectivity index is 1.95. The first-order valence-electron chi connectivity index (χ1n) is 11.4. The molecule has 0 radical (unpaired) electrons. The average Bonchev–Trinajstić information content (AvgIpc) is 2.96. The lowest BCUT2D eigenvalue weighted by Crippen LogP contribution is -2.64. The maximum absolute atomic E-state index is 10.7. The van der Waals surface area contributed by atoms with Crippen LogP contribution in [0.25, 0.3) is 0 Å². The van der Waals surface area contributed by atoms with Crippen molar-refractivity contribution in [3.63, 3.8) is 0 Å². The Bertz CT molecular complexity index is 995. The van der Waals surface area contributed by atoms with E-state index in [1.165, 1.54) is 19.3 Å². The van der Waals surface area contributed by atoms with Crippen LogP contribution in [0, 0.1) is 5.92 Å². The molecule has 5 atom stereocenters. The van der Waals surface area contributed by atoms with Crippen LogP contribution < -0.4 is 9.47 Å². The largest absolute Gasteiger partial charge is 0.493 e. The van der Waals surface area contributed by atoms with Gasteiger partial charge in [0.2, 0.25) is 0 Å². The number of likely N-dealkylation sites (N-methyl/N-ethyl adjacent to an activating group) is 1. The van der Waals surface area contributed by atoms with E-state index in [1.54, 1.807) is 0 Å². The van der Waals surface area contributed by atoms with Crippen molar-refractivity contribution in [2.24, 2.45) is 5.92 Å². The fourth-order valence-electron chi connectivity index (χ4n) is 4.45. The number of methoxy groups -OCH3 is 1. The number of ether oxygens (including phenoxy) is 2. The fourth-order valence-corrected chi connectivity index (χ4v) is 4.45. The Morgan fingerprint density at radius 1 is 1.59 bits per heavy atom. The molecule has 1 aromatic carbocycles. The van der Waals surface area contributed by atoms with Crippen LogP contribution in [-0.4, -0.2) is 48.9 Å². The molecule has 4 nitrogen and oxygen atoms in total. The number of hydrogen-bond donors (Lipinski definition) is 1. The van der Waals surface area contributed by atoms with Crippen LogP contribution in [0.1, 0.15) is 28.5 Å². The standard InChI is InChI=1S/C18H21NO3/c1-19-8-7-18-11-4-5-13(20)17(18)22-16-14(21-2)6-3-10(15(16)18)9-12(11)19/h3-6,11-13,17,20H,7-9H2,1-2H3/t11-,12+,13?,17?,18-/m0/s1/i1D3,3D,6D,9D2,12D. The monoisotopic (exact) mass is 307 g/mol. The predicted octanol–water partition coefficient (Wildman–Crippen LogP) is 1.50. The van der Waals surface area contributed by atoms with E-state index in [2.05, 4.69) is 0 Å². The Kier molecular flexibility index (Phi) is 1.36. The molecule has 0 aromatic heterocycles. The minimum atomic E-state index is -2.74. The normalized spacial score (nSPS) is 52.5. The summed E-state index contributed by atoms with van der Waals surface area (Å²) in [5.74, 6) is -0.850. The summed E-state index contributed by atoms with van der Waals surface area (Å²) in [7, 11) is 1.33. The minimum Gasteiger partial charge on any atom is -0.493 e. The van der Waals surface area contributed by atoms with Crippen molar-refractivity contribution in [1.82, 2.24) is 4.90 Å². The van der Waals surface area contributed by atoms with Gasteiger partial charge in [-0.25, -0.2) is 0 Å². The Hall–Kier alpha value is -1.52. The summed E-state index contributed by atoms with van der Waals surface area (Å²) in [6.45, 7) is -2.85. The fraction of sp³-hybridized carbons (Fsp3) is 0.556. The van der Waals surface area contributed by atoms with E-state index in [-0.39, 0.29) is 30.0 Å². The van der Waals surface area contributed by atoms with Crippen LogP contribution in [0.2, 0.25) is 0 Å². The van der Waals surface area contributed by atoms with Gasteiger partial charge in [-0.3, -0.25) is 0 Å². The van der Waals surface area contributed by atoms with Gasteiger partial charge >= 0.3 is 0 Å². The van der Waals surface area contributed by atoms with Crippen molar-refractivity contribution < 1.29 is 25.5 Å². The van der Waals surface area contributed by atoms with Gasteiger partial charge in [-0.2, -0.15) is 0 Å². The van der Waals surface area contributed by atoms with E-state index in [0.717, 1.165) is 4.90 Å². The zero-order valence-corrected chi connectivity index (χ0v) is 12.0. The molecule has 0 saturated carbocycles. The number of aliphatic hydroxyl groups excluding tert-OH is 1. The molecule has 1 spiro atoms. The highest BCUT2D eigenvalue weighted by molar-refractivity contribution is 5.62. The van der Waals surface area contributed by atoms with E-state index in [9.17, 15) is 6.48 Å². The molecular formula is C18H21NO3. The molecular weight excluding hydrogens is 278 g/mol. The van der Waals surface area contributed by atoms with E-state index >= 15 is 0 Å². The highest BCUT2D eigenvalue weighted by Gasteiger charge is 2.64. The van der Waals surface area contributed by atoms with Gasteiger partial charge in [0, 0.05) is 31.1 Å². The molecule has 5 rings (SSSR count). The van der Waals surface area contributed by atoms with Crippen LogP contribution in [0.15, 0.2) is 24.2 Å². The van der Waals surface area contributed by atoms with Crippen molar-refractivity contribution in [2.75, 3.05) is 20.6 Å². The van der Waals surface area contributed by atoms with Gasteiger partial charge in [-0.15, -0.1) is 0 Å². The number of nitrogens with zero attached hydrogens (tertiary/aromatic N) is 1. The molecule has 2 unspecified atom stereocenters. The molecule has 4 aliphatic rings. The maximum Gasteiger partial charge on any atom is 0.165 e. The lowest BCUT2D eigenvalue weighted by Gasteiger charge is -2.56. The summed E-state index contributed by atoms with van der Waals surface area (Å²) >= 11 is 0. The highest BCUT2D eigenvalue weighted by Crippen LogP contribution is 2.62. The van der Waals surface area contributed by atoms with Crippen molar-refractivity contribution in [1.29, 1.82) is 0 Å². The average molecular weight is 307 g/mol. The van der Waals surface area contributed by atoms with Gasteiger partial charge in [-0.05, 0) is 37.9 Å². The Morgan fingerprint density at radius 3 is 3.32 bits per heavy atom. The van der Waals surface area contributed by atoms with Crippen LogP contribution >= 0.6 is 0 Å². The molecule has 2 bridgehead atoms. The molecule has 1 N–H and O–H groups in total. The van der Waals surface area contributed by atoms with Gasteiger partial charge < -0.3 is 19.5 Å². The first-order valence-corrected chi connectivity index (χ1v) is 7.38. The summed E-state index contributed by atoms with van der Waals surface area (Å²) in [6, 6.07) is -3.14. The van der Waals surface area contributed by atoms with Crippen molar-refractivity contribution in [3.8, 4) is 11.5 Å². The van der Waals surface area contributed by atoms with Crippen LogP contribution in [0.3, 0.4) is 0 Å². The zero-order chi connectivity index (χ0) is 22.0. The van der Waals surface area contributed by atoms with Gasteiger partial charge in [0.15, 0.2) is 11.5 Å². The molecule has 4 heteroatoms. The third kappa shape index (κ3) is 1.28. The van der Waals surface area contributed by atoms with Gasteiger partial charge in [0.1, 0.15) is 12.2 Å². The highest BCUT2D eigenvalue weighted by atomic mass is 16.5. The Morgan fingerprint density at radius 2 is 2.50 bits per heavy atom. The summed E-state index contributed by atoms with van der Waals surface area (Å²) in [4.78, 5) is 0.878. The molecule has 0 amide bonds. The maximum atomic E-state index is 10.7. The Labute approximate surface area is 141 Å². The smallest absolute Gasteiger partial charge is 0.165 e. The summed E-state index contributed by atoms with van der Waals surface area (Å²) < 4.78 is 79.3. The van der Waals surface area contributed by atoms with Crippen LogP contribution in [-0.2, 0) is 11.8 Å². The topological polar surface area (TPSA) is 41.9 Å². The summed E-state index contributed by atoms with van der Waals surface area (Å²) in [6.07, 6.45) is -1.43. The van der Waals surface area contributed by atoms with Gasteiger partial charge in [0.25, 0.3) is 0 Å². The van der Waals surface area contributed by atoms with Crippen molar-refractivity contribution >= 4 is 0 Å². The second-order valence-corrected chi connectivity index (χ2v) is 6.21. The third-order valence-electron chi connectivity index (χ3n) is 5.36. The zero-order valence-electron chi connectivity index (χ0n) is 20.0. The lowest BCUT2D eigenvalue weighted by molar-refractivity contribution is -0.0453.